The van der Waals surface area contributed by atoms with Gasteiger partial charge in [0.05, 0.1) is 18.3 Å². The van der Waals surface area contributed by atoms with E-state index in [0.29, 0.717) is 28.7 Å². The van der Waals surface area contributed by atoms with E-state index >= 15 is 0 Å². The van der Waals surface area contributed by atoms with Crippen LogP contribution in [0.25, 0.3) is 0 Å². The number of aryl methyl sites for hydroxylation is 1. The minimum absolute atomic E-state index is 0.123. The van der Waals surface area contributed by atoms with E-state index in [-0.39, 0.29) is 18.6 Å². The molecule has 1 aromatic heterocycles. The van der Waals surface area contributed by atoms with E-state index in [4.69, 9.17) is 15.6 Å². The molecule has 0 aliphatic carbocycles. The van der Waals surface area contributed by atoms with E-state index in [1.54, 1.807) is 14.0 Å². The number of thiazole rings is 1. The van der Waals surface area contributed by atoms with Crippen molar-refractivity contribution in [2.45, 2.75) is 19.4 Å². The monoisotopic (exact) mass is 259 g/mol. The first-order valence-corrected chi connectivity index (χ1v) is 6.03. The van der Waals surface area contributed by atoms with E-state index < -0.39 is 0 Å². The number of aromatic nitrogens is 1. The van der Waals surface area contributed by atoms with E-state index in [2.05, 4.69) is 10.3 Å². The lowest BCUT2D eigenvalue weighted by Gasteiger charge is -2.15. The summed E-state index contributed by atoms with van der Waals surface area (Å²) in [6, 6.07) is -0.315. The molecule has 96 valence electrons. The molecule has 1 rings (SSSR count). The molecule has 0 bridgehead atoms. The number of nitrogens with zero attached hydrogens (tertiary/aromatic N) is 1. The minimum Gasteiger partial charge on any atom is -0.394 e. The lowest BCUT2D eigenvalue weighted by atomic mass is 10.2. The third-order valence-electron chi connectivity index (χ3n) is 2.25. The van der Waals surface area contributed by atoms with Gasteiger partial charge in [-0.05, 0) is 13.3 Å². The maximum Gasteiger partial charge on any atom is 0.263 e. The second kappa shape index (κ2) is 6.53. The zero-order valence-corrected chi connectivity index (χ0v) is 10.7. The maximum atomic E-state index is 11.9. The van der Waals surface area contributed by atoms with Crippen LogP contribution in [0, 0.1) is 6.92 Å². The number of amides is 1. The average Bonchev–Trinajstić information content (AvgIpc) is 2.63. The number of nitrogens with two attached hydrogens (primary N) is 1. The zero-order chi connectivity index (χ0) is 12.8. The van der Waals surface area contributed by atoms with Crippen LogP contribution in [-0.2, 0) is 4.74 Å². The summed E-state index contributed by atoms with van der Waals surface area (Å²) < 4.78 is 4.90. The van der Waals surface area contributed by atoms with Gasteiger partial charge in [-0.1, -0.05) is 11.3 Å². The number of nitrogen functional groups attached to an aromatic ring is 1. The first-order chi connectivity index (χ1) is 8.08. The SMILES string of the molecule is COCCC(CO)NC(=O)c1sc(N)nc1C. The molecule has 0 radical (unpaired) electrons. The predicted octanol–water partition coefficient (Wildman–Crippen LogP) is 0.161. The van der Waals surface area contributed by atoms with Crippen molar-refractivity contribution in [2.75, 3.05) is 26.1 Å². The number of carbonyl (C=O) groups is 1. The topological polar surface area (TPSA) is 97.5 Å². The third kappa shape index (κ3) is 3.95. The summed E-state index contributed by atoms with van der Waals surface area (Å²) >= 11 is 1.14. The maximum absolute atomic E-state index is 11.9. The normalized spacial score (nSPS) is 12.4. The predicted molar refractivity (Wildman–Crippen MR) is 66.1 cm³/mol. The van der Waals surface area contributed by atoms with Gasteiger partial charge in [0.25, 0.3) is 5.91 Å². The molecule has 0 saturated heterocycles. The molecule has 0 spiro atoms. The van der Waals surface area contributed by atoms with Gasteiger partial charge in [0, 0.05) is 13.7 Å². The summed E-state index contributed by atoms with van der Waals surface area (Å²) in [4.78, 5) is 16.3. The van der Waals surface area contributed by atoms with Crippen LogP contribution in [0.5, 0.6) is 0 Å². The largest absolute Gasteiger partial charge is 0.394 e. The second-order valence-corrected chi connectivity index (χ2v) is 4.63. The van der Waals surface area contributed by atoms with Crippen LogP contribution in [0.1, 0.15) is 21.8 Å². The highest BCUT2D eigenvalue weighted by molar-refractivity contribution is 7.17. The third-order valence-corrected chi connectivity index (χ3v) is 3.23. The van der Waals surface area contributed by atoms with Crippen molar-refractivity contribution in [1.29, 1.82) is 0 Å². The minimum atomic E-state index is -0.315. The Kier molecular flexibility index (Phi) is 5.33. The lowest BCUT2D eigenvalue weighted by molar-refractivity contribution is 0.0898. The summed E-state index contributed by atoms with van der Waals surface area (Å²) in [6.45, 7) is 2.09. The van der Waals surface area contributed by atoms with Crippen LogP contribution >= 0.6 is 11.3 Å². The number of hydrogen-bond donors (Lipinski definition) is 3. The van der Waals surface area contributed by atoms with E-state index in [1.807, 2.05) is 0 Å². The van der Waals surface area contributed by atoms with Gasteiger partial charge in [0.1, 0.15) is 4.88 Å². The van der Waals surface area contributed by atoms with Crippen molar-refractivity contribution in [3.05, 3.63) is 10.6 Å². The Labute approximate surface area is 104 Å². The second-order valence-electron chi connectivity index (χ2n) is 3.60. The Morgan fingerprint density at radius 1 is 1.71 bits per heavy atom. The first kappa shape index (κ1) is 13.9. The molecule has 1 aromatic rings. The quantitative estimate of drug-likeness (QED) is 0.676. The van der Waals surface area contributed by atoms with Crippen molar-refractivity contribution in [2.24, 2.45) is 0 Å². The van der Waals surface area contributed by atoms with Crippen molar-refractivity contribution < 1.29 is 14.6 Å². The Bertz CT molecular complexity index is 381. The first-order valence-electron chi connectivity index (χ1n) is 5.22. The highest BCUT2D eigenvalue weighted by Crippen LogP contribution is 2.19. The zero-order valence-electron chi connectivity index (χ0n) is 9.90. The van der Waals surface area contributed by atoms with Crippen LogP contribution in [0.3, 0.4) is 0 Å². The van der Waals surface area contributed by atoms with Crippen molar-refractivity contribution in [1.82, 2.24) is 10.3 Å². The van der Waals surface area contributed by atoms with Crippen LogP contribution in [0.2, 0.25) is 0 Å². The number of ether oxygens (including phenoxy) is 1. The number of aliphatic hydroxyl groups excluding tert-OH is 1. The number of rotatable bonds is 6. The summed E-state index contributed by atoms with van der Waals surface area (Å²) in [5, 5.41) is 12.2. The number of anilines is 1. The Balaban J connectivity index is 2.61. The van der Waals surface area contributed by atoms with Crippen LogP contribution in [0.15, 0.2) is 0 Å². The van der Waals surface area contributed by atoms with Crippen molar-refractivity contribution >= 4 is 22.4 Å². The highest BCUT2D eigenvalue weighted by atomic mass is 32.1. The molecule has 0 aliphatic heterocycles. The molecule has 1 amide bonds. The molecule has 0 fully saturated rings. The Hall–Kier alpha value is -1.18. The molecule has 4 N–H and O–H groups in total. The smallest absolute Gasteiger partial charge is 0.263 e. The number of nitrogens with one attached hydrogen (secondary N) is 1. The molecule has 0 aromatic carbocycles. The molecule has 17 heavy (non-hydrogen) atoms. The van der Waals surface area contributed by atoms with Gasteiger partial charge >= 0.3 is 0 Å². The van der Waals surface area contributed by atoms with Gasteiger partial charge in [-0.25, -0.2) is 4.98 Å². The average molecular weight is 259 g/mol. The molecule has 1 heterocycles. The summed E-state index contributed by atoms with van der Waals surface area (Å²) in [5.74, 6) is -0.258. The van der Waals surface area contributed by atoms with Gasteiger partial charge in [-0.2, -0.15) is 0 Å². The van der Waals surface area contributed by atoms with Crippen LogP contribution in [0.4, 0.5) is 5.13 Å². The Morgan fingerprint density at radius 2 is 2.41 bits per heavy atom. The summed E-state index contributed by atoms with van der Waals surface area (Å²) in [5.41, 5.74) is 6.12. The molecule has 1 unspecified atom stereocenters. The van der Waals surface area contributed by atoms with Crippen LogP contribution in [-0.4, -0.2) is 42.4 Å². The van der Waals surface area contributed by atoms with E-state index in [1.165, 1.54) is 0 Å². The fourth-order valence-corrected chi connectivity index (χ4v) is 2.08. The van der Waals surface area contributed by atoms with Gasteiger partial charge in [-0.3, -0.25) is 4.79 Å². The number of aliphatic hydroxyl groups is 1. The number of carbonyl (C=O) groups excluding carboxylic acids is 1. The lowest BCUT2D eigenvalue weighted by Crippen LogP contribution is -2.38. The van der Waals surface area contributed by atoms with E-state index in [9.17, 15) is 4.79 Å². The van der Waals surface area contributed by atoms with Crippen LogP contribution < -0.4 is 11.1 Å². The van der Waals surface area contributed by atoms with Crippen molar-refractivity contribution in [3.63, 3.8) is 0 Å². The van der Waals surface area contributed by atoms with Crippen molar-refractivity contribution in [3.8, 4) is 0 Å². The molecule has 6 nitrogen and oxygen atoms in total. The summed E-state index contributed by atoms with van der Waals surface area (Å²) in [7, 11) is 1.57. The molecular formula is C10H17N3O3S. The van der Waals surface area contributed by atoms with Gasteiger partial charge < -0.3 is 20.9 Å². The molecule has 0 saturated carbocycles. The Morgan fingerprint density at radius 3 is 2.88 bits per heavy atom. The molecule has 0 aliphatic rings. The van der Waals surface area contributed by atoms with Gasteiger partial charge in [-0.15, -0.1) is 0 Å². The number of hydrogen-bond acceptors (Lipinski definition) is 6. The fourth-order valence-electron chi connectivity index (χ4n) is 1.35. The van der Waals surface area contributed by atoms with Gasteiger partial charge in [0.2, 0.25) is 0 Å². The molecule has 7 heteroatoms. The standard InChI is InChI=1S/C10H17N3O3S/c1-6-8(17-10(11)12-6)9(15)13-7(5-14)3-4-16-2/h7,14H,3-5H2,1-2H3,(H2,11,12)(H,13,15). The number of methoxy groups -OCH3 is 1. The fraction of sp³-hybridized carbons (Fsp3) is 0.600. The van der Waals surface area contributed by atoms with E-state index in [0.717, 1.165) is 11.3 Å². The summed E-state index contributed by atoms with van der Waals surface area (Å²) in [6.07, 6.45) is 0.562. The molecule has 1 atom stereocenters. The molecular weight excluding hydrogens is 242 g/mol. The highest BCUT2D eigenvalue weighted by Gasteiger charge is 2.17. The van der Waals surface area contributed by atoms with Gasteiger partial charge in [0.15, 0.2) is 5.13 Å².